The van der Waals surface area contributed by atoms with Crippen molar-refractivity contribution in [1.29, 1.82) is 0 Å². The van der Waals surface area contributed by atoms with Gasteiger partial charge >= 0.3 is 6.18 Å². The number of rotatable bonds is 3. The van der Waals surface area contributed by atoms with E-state index in [-0.39, 0.29) is 23.8 Å². The van der Waals surface area contributed by atoms with Crippen LogP contribution in [0.4, 0.5) is 19.1 Å². The van der Waals surface area contributed by atoms with E-state index in [2.05, 4.69) is 9.97 Å². The second-order valence-corrected chi connectivity index (χ2v) is 6.52. The number of nitrogen functional groups attached to an aromatic ring is 1. The third kappa shape index (κ3) is 5.34. The largest absolute Gasteiger partial charge is 0.416 e. The third-order valence-electron chi connectivity index (χ3n) is 4.69. The average Bonchev–Trinajstić information content (AvgIpc) is 2.65. The fourth-order valence-electron chi connectivity index (χ4n) is 3.48. The number of halogens is 3. The summed E-state index contributed by atoms with van der Waals surface area (Å²) in [6, 6.07) is 5.06. The molecule has 148 valence electrons. The number of hydrogen-bond acceptors (Lipinski definition) is 3. The Morgan fingerprint density at radius 3 is 2.48 bits per heavy atom. The van der Waals surface area contributed by atoms with E-state index in [4.69, 9.17) is 5.73 Å². The molecule has 27 heavy (non-hydrogen) atoms. The lowest BCUT2D eigenvalue weighted by Gasteiger charge is -2.23. The molecule has 0 amide bonds. The molecule has 0 aliphatic heterocycles. The highest BCUT2D eigenvalue weighted by Gasteiger charge is 2.30. The first-order valence-corrected chi connectivity index (χ1v) is 9.39. The van der Waals surface area contributed by atoms with E-state index in [0.717, 1.165) is 44.2 Å². The number of anilines is 1. The number of nitrogens with one attached hydrogen (secondary N) is 1. The molecule has 0 bridgehead atoms. The second-order valence-electron chi connectivity index (χ2n) is 6.52. The number of aromatic nitrogens is 2. The molecule has 0 saturated heterocycles. The van der Waals surface area contributed by atoms with Crippen LogP contribution in [0, 0.1) is 0 Å². The first-order chi connectivity index (χ1) is 12.8. The second kappa shape index (κ2) is 9.06. The van der Waals surface area contributed by atoms with E-state index >= 15 is 0 Å². The molecule has 4 nitrogen and oxygen atoms in total. The van der Waals surface area contributed by atoms with Crippen LogP contribution in [-0.2, 0) is 12.6 Å². The van der Waals surface area contributed by atoms with Crippen LogP contribution >= 0.6 is 0 Å². The van der Waals surface area contributed by atoms with Crippen molar-refractivity contribution in [1.82, 2.24) is 9.97 Å². The Morgan fingerprint density at radius 2 is 1.85 bits per heavy atom. The van der Waals surface area contributed by atoms with Crippen LogP contribution in [0.3, 0.4) is 0 Å². The van der Waals surface area contributed by atoms with Gasteiger partial charge in [-0.1, -0.05) is 51.3 Å². The lowest BCUT2D eigenvalue weighted by molar-refractivity contribution is -0.137. The van der Waals surface area contributed by atoms with Crippen molar-refractivity contribution in [3.8, 4) is 0 Å². The quantitative estimate of drug-likeness (QED) is 0.783. The summed E-state index contributed by atoms with van der Waals surface area (Å²) in [6.45, 7) is 4.00. The van der Waals surface area contributed by atoms with Crippen LogP contribution in [0.25, 0.3) is 0 Å². The molecule has 1 heterocycles. The van der Waals surface area contributed by atoms with Crippen LogP contribution in [0.2, 0.25) is 0 Å². The van der Waals surface area contributed by atoms with Gasteiger partial charge in [-0.2, -0.15) is 13.2 Å². The number of benzene rings is 1. The molecule has 1 aliphatic rings. The first-order valence-electron chi connectivity index (χ1n) is 9.39. The minimum absolute atomic E-state index is 0.0540. The minimum atomic E-state index is -4.41. The minimum Gasteiger partial charge on any atom is -0.369 e. The topological polar surface area (TPSA) is 71.8 Å². The van der Waals surface area contributed by atoms with Crippen molar-refractivity contribution >= 4 is 5.95 Å². The van der Waals surface area contributed by atoms with Gasteiger partial charge < -0.3 is 5.73 Å². The van der Waals surface area contributed by atoms with Gasteiger partial charge in [0.05, 0.1) is 11.3 Å². The maximum absolute atomic E-state index is 12.9. The SMILES string of the molecule is CC.Nc1nc(C2CCCCC2)c(Cc2cccc(C(F)(F)F)c2)c(=O)[nH]1. The van der Waals surface area contributed by atoms with Gasteiger partial charge in [0.2, 0.25) is 5.95 Å². The molecule has 0 spiro atoms. The molecule has 3 rings (SSSR count). The Labute approximate surface area is 157 Å². The zero-order valence-corrected chi connectivity index (χ0v) is 15.7. The van der Waals surface area contributed by atoms with Gasteiger partial charge in [-0.15, -0.1) is 0 Å². The molecule has 1 fully saturated rings. The Kier molecular flexibility index (Phi) is 7.05. The molecule has 1 saturated carbocycles. The molecule has 1 aliphatic carbocycles. The molecule has 3 N–H and O–H groups in total. The van der Waals surface area contributed by atoms with E-state index in [9.17, 15) is 18.0 Å². The van der Waals surface area contributed by atoms with Crippen molar-refractivity contribution in [3.05, 3.63) is 57.0 Å². The molecule has 0 unspecified atom stereocenters. The predicted molar refractivity (Wildman–Crippen MR) is 101 cm³/mol. The highest BCUT2D eigenvalue weighted by molar-refractivity contribution is 5.35. The normalized spacial score (nSPS) is 15.1. The predicted octanol–water partition coefficient (Wildman–Crippen LogP) is 5.04. The Hall–Kier alpha value is -2.31. The summed E-state index contributed by atoms with van der Waals surface area (Å²) in [7, 11) is 0. The van der Waals surface area contributed by atoms with Crippen molar-refractivity contribution in [3.63, 3.8) is 0 Å². The highest BCUT2D eigenvalue weighted by atomic mass is 19.4. The summed E-state index contributed by atoms with van der Waals surface area (Å²) in [4.78, 5) is 19.2. The summed E-state index contributed by atoms with van der Waals surface area (Å²) in [5, 5.41) is 0. The number of hydrogen-bond donors (Lipinski definition) is 2. The van der Waals surface area contributed by atoms with Crippen LogP contribution < -0.4 is 11.3 Å². The van der Waals surface area contributed by atoms with Gasteiger partial charge in [-0.25, -0.2) is 4.98 Å². The number of nitrogens with two attached hydrogens (primary N) is 1. The summed E-state index contributed by atoms with van der Waals surface area (Å²) < 4.78 is 38.7. The van der Waals surface area contributed by atoms with Crippen molar-refractivity contribution in [2.24, 2.45) is 0 Å². The van der Waals surface area contributed by atoms with Gasteiger partial charge in [0.25, 0.3) is 5.56 Å². The molecule has 7 heteroatoms. The smallest absolute Gasteiger partial charge is 0.369 e. The first kappa shape index (κ1) is 21.0. The maximum Gasteiger partial charge on any atom is 0.416 e. The molecular formula is C20H26F3N3O. The number of alkyl halides is 3. The Morgan fingerprint density at radius 1 is 1.19 bits per heavy atom. The van der Waals surface area contributed by atoms with Gasteiger partial charge in [-0.05, 0) is 24.5 Å². The van der Waals surface area contributed by atoms with Crippen LogP contribution in [-0.4, -0.2) is 9.97 Å². The van der Waals surface area contributed by atoms with Crippen LogP contribution in [0.5, 0.6) is 0 Å². The van der Waals surface area contributed by atoms with E-state index in [0.29, 0.717) is 16.8 Å². The van der Waals surface area contributed by atoms with Gasteiger partial charge in [0.1, 0.15) is 0 Å². The van der Waals surface area contributed by atoms with Crippen molar-refractivity contribution in [2.45, 2.75) is 64.5 Å². The molecular weight excluding hydrogens is 355 g/mol. The summed E-state index contributed by atoms with van der Waals surface area (Å²) in [5.41, 5.74) is 6.09. The van der Waals surface area contributed by atoms with Gasteiger partial charge in [0, 0.05) is 17.9 Å². The fraction of sp³-hybridized carbons (Fsp3) is 0.500. The Balaban J connectivity index is 0.00000126. The summed E-state index contributed by atoms with van der Waals surface area (Å²) in [5.74, 6) is 0.192. The molecule has 2 aromatic rings. The van der Waals surface area contributed by atoms with E-state index in [1.54, 1.807) is 6.07 Å². The summed E-state index contributed by atoms with van der Waals surface area (Å²) in [6.07, 6.45) is 0.811. The highest BCUT2D eigenvalue weighted by Crippen LogP contribution is 2.34. The van der Waals surface area contributed by atoms with E-state index < -0.39 is 11.7 Å². The van der Waals surface area contributed by atoms with Crippen molar-refractivity contribution in [2.75, 3.05) is 5.73 Å². The van der Waals surface area contributed by atoms with Crippen LogP contribution in [0.1, 0.15) is 74.3 Å². The van der Waals surface area contributed by atoms with Crippen LogP contribution in [0.15, 0.2) is 29.1 Å². The Bertz CT molecular complexity index is 809. The fourth-order valence-corrected chi connectivity index (χ4v) is 3.48. The molecule has 0 radical (unpaired) electrons. The van der Waals surface area contributed by atoms with E-state index in [1.165, 1.54) is 6.07 Å². The number of H-pyrrole nitrogens is 1. The van der Waals surface area contributed by atoms with Gasteiger partial charge in [0.15, 0.2) is 0 Å². The summed E-state index contributed by atoms with van der Waals surface area (Å²) >= 11 is 0. The maximum atomic E-state index is 12.9. The monoisotopic (exact) mass is 381 g/mol. The third-order valence-corrected chi connectivity index (χ3v) is 4.69. The van der Waals surface area contributed by atoms with Gasteiger partial charge in [-0.3, -0.25) is 9.78 Å². The number of nitrogens with zero attached hydrogens (tertiary/aromatic N) is 1. The molecule has 1 aromatic carbocycles. The standard InChI is InChI=1S/C18H20F3N3O.C2H6/c19-18(20,21)13-8-4-5-11(9-13)10-14-15(12-6-2-1-3-7-12)23-17(22)24-16(14)25;1-2/h4-5,8-9,12H,1-3,6-7,10H2,(H3,22,23,24,25);1-2H3. The lowest BCUT2D eigenvalue weighted by atomic mass is 9.84. The van der Waals surface area contributed by atoms with Crippen molar-refractivity contribution < 1.29 is 13.2 Å². The zero-order chi connectivity index (χ0) is 20.0. The molecule has 1 aromatic heterocycles. The lowest BCUT2D eigenvalue weighted by Crippen LogP contribution is -2.23. The average molecular weight is 381 g/mol. The molecule has 0 atom stereocenters. The zero-order valence-electron chi connectivity index (χ0n) is 15.7. The number of aromatic amines is 1. The van der Waals surface area contributed by atoms with E-state index in [1.807, 2.05) is 13.8 Å².